The van der Waals surface area contributed by atoms with Crippen LogP contribution in [0.25, 0.3) is 10.8 Å². The van der Waals surface area contributed by atoms with Gasteiger partial charge in [-0.3, -0.25) is 0 Å². The van der Waals surface area contributed by atoms with Gasteiger partial charge in [0.15, 0.2) is 0 Å². The largest absolute Gasteiger partial charge is 0.146 e. The minimum Gasteiger partial charge on any atom is -0.125 e. The SMILES string of the molecule is C#Cc1cccc2cccc(C#C[Si](C(C)C)(C(C)C)C(C)C)c12. The maximum atomic E-state index is 5.72. The summed E-state index contributed by atoms with van der Waals surface area (Å²) in [4.78, 5) is 0. The van der Waals surface area contributed by atoms with Gasteiger partial charge >= 0.3 is 0 Å². The summed E-state index contributed by atoms with van der Waals surface area (Å²) in [6.07, 6.45) is 5.72. The highest BCUT2D eigenvalue weighted by Crippen LogP contribution is 2.40. The van der Waals surface area contributed by atoms with E-state index in [1.807, 2.05) is 12.1 Å². The van der Waals surface area contributed by atoms with Crippen LogP contribution >= 0.6 is 0 Å². The van der Waals surface area contributed by atoms with E-state index in [4.69, 9.17) is 6.42 Å². The van der Waals surface area contributed by atoms with Crippen molar-refractivity contribution in [1.29, 1.82) is 0 Å². The molecule has 0 aliphatic rings. The highest BCUT2D eigenvalue weighted by Gasteiger charge is 2.41. The molecule has 0 aromatic heterocycles. The van der Waals surface area contributed by atoms with E-state index >= 15 is 0 Å². The molecule has 0 spiro atoms. The summed E-state index contributed by atoms with van der Waals surface area (Å²) in [6.45, 7) is 14.1. The first kappa shape index (κ1) is 18.4. The van der Waals surface area contributed by atoms with Crippen molar-refractivity contribution in [3.8, 4) is 23.8 Å². The van der Waals surface area contributed by atoms with Crippen LogP contribution in [0.15, 0.2) is 36.4 Å². The summed E-state index contributed by atoms with van der Waals surface area (Å²) in [5.41, 5.74) is 7.71. The standard InChI is InChI=1S/C23H28Si/c1-8-20-11-9-12-21-13-10-14-22(23(20)21)15-16-24(17(2)3,18(4)5)19(6)7/h1,9-14,17-19H,2-7H3. The number of rotatable bonds is 3. The fraction of sp³-hybridized carbons (Fsp3) is 0.391. The van der Waals surface area contributed by atoms with Crippen LogP contribution in [0.3, 0.4) is 0 Å². The number of hydrogen-bond acceptors (Lipinski definition) is 0. The van der Waals surface area contributed by atoms with Crippen LogP contribution in [0.5, 0.6) is 0 Å². The van der Waals surface area contributed by atoms with Gasteiger partial charge < -0.3 is 0 Å². The summed E-state index contributed by atoms with van der Waals surface area (Å²) in [5, 5.41) is 2.29. The van der Waals surface area contributed by atoms with Crippen molar-refractivity contribution in [2.24, 2.45) is 0 Å². The van der Waals surface area contributed by atoms with E-state index in [2.05, 4.69) is 83.2 Å². The highest BCUT2D eigenvalue weighted by atomic mass is 28.3. The Morgan fingerprint density at radius 3 is 1.75 bits per heavy atom. The van der Waals surface area contributed by atoms with Crippen LogP contribution in [-0.2, 0) is 0 Å². The lowest BCUT2D eigenvalue weighted by Crippen LogP contribution is -2.43. The third kappa shape index (κ3) is 3.15. The second kappa shape index (κ2) is 7.29. The molecule has 2 aromatic carbocycles. The molecule has 0 atom stereocenters. The molecular formula is C23H28Si. The Morgan fingerprint density at radius 2 is 1.29 bits per heavy atom. The van der Waals surface area contributed by atoms with Crippen molar-refractivity contribution in [2.75, 3.05) is 0 Å². The average molecular weight is 333 g/mol. The molecule has 0 fully saturated rings. The molecule has 0 aliphatic heterocycles. The van der Waals surface area contributed by atoms with Crippen molar-refractivity contribution in [2.45, 2.75) is 58.2 Å². The molecule has 0 radical (unpaired) electrons. The van der Waals surface area contributed by atoms with Crippen LogP contribution in [0.1, 0.15) is 52.7 Å². The zero-order chi connectivity index (χ0) is 17.9. The van der Waals surface area contributed by atoms with E-state index in [-0.39, 0.29) is 0 Å². The third-order valence-electron chi connectivity index (χ3n) is 5.34. The summed E-state index contributed by atoms with van der Waals surface area (Å²) in [5.74, 6) is 6.38. The van der Waals surface area contributed by atoms with E-state index in [0.29, 0.717) is 16.6 Å². The Hall–Kier alpha value is -1.96. The smallest absolute Gasteiger partial charge is 0.125 e. The molecule has 0 saturated heterocycles. The van der Waals surface area contributed by atoms with Crippen LogP contribution in [0.4, 0.5) is 0 Å². The monoisotopic (exact) mass is 332 g/mol. The van der Waals surface area contributed by atoms with Gasteiger partial charge in [-0.1, -0.05) is 77.6 Å². The first-order valence-electron chi connectivity index (χ1n) is 8.86. The number of hydrogen-bond donors (Lipinski definition) is 0. The van der Waals surface area contributed by atoms with E-state index in [1.165, 1.54) is 5.39 Å². The lowest BCUT2D eigenvalue weighted by molar-refractivity contribution is 0.838. The molecule has 0 nitrogen and oxygen atoms in total. The summed E-state index contributed by atoms with van der Waals surface area (Å²) >= 11 is 0. The summed E-state index contributed by atoms with van der Waals surface area (Å²) in [6, 6.07) is 12.4. The molecule has 124 valence electrons. The van der Waals surface area contributed by atoms with Crippen LogP contribution in [-0.4, -0.2) is 8.07 Å². The fourth-order valence-corrected chi connectivity index (χ4v) is 9.39. The molecule has 1 heteroatoms. The second-order valence-corrected chi connectivity index (χ2v) is 13.1. The molecule has 0 bridgehead atoms. The Kier molecular flexibility index (Phi) is 5.58. The molecular weight excluding hydrogens is 304 g/mol. The molecule has 2 rings (SSSR count). The summed E-state index contributed by atoms with van der Waals surface area (Å²) in [7, 11) is -1.74. The van der Waals surface area contributed by atoms with Crippen molar-refractivity contribution < 1.29 is 0 Å². The number of fused-ring (bicyclic) bond motifs is 1. The molecule has 0 aliphatic carbocycles. The summed E-state index contributed by atoms with van der Waals surface area (Å²) < 4.78 is 0. The minimum atomic E-state index is -1.74. The van der Waals surface area contributed by atoms with Crippen molar-refractivity contribution in [1.82, 2.24) is 0 Å². The van der Waals surface area contributed by atoms with Crippen molar-refractivity contribution >= 4 is 18.8 Å². The van der Waals surface area contributed by atoms with Gasteiger partial charge in [0.05, 0.1) is 0 Å². The zero-order valence-electron chi connectivity index (χ0n) is 15.8. The van der Waals surface area contributed by atoms with Crippen molar-refractivity contribution in [3.05, 3.63) is 47.5 Å². The van der Waals surface area contributed by atoms with Crippen LogP contribution in [0, 0.1) is 23.8 Å². The Bertz CT molecular complexity index is 795. The molecule has 24 heavy (non-hydrogen) atoms. The van der Waals surface area contributed by atoms with E-state index in [0.717, 1.165) is 16.5 Å². The lowest BCUT2D eigenvalue weighted by atomic mass is 10.00. The lowest BCUT2D eigenvalue weighted by Gasteiger charge is -2.38. The first-order chi connectivity index (χ1) is 11.3. The maximum Gasteiger partial charge on any atom is 0.146 e. The van der Waals surface area contributed by atoms with E-state index in [9.17, 15) is 0 Å². The number of benzene rings is 2. The number of terminal acetylenes is 1. The Labute approximate surface area is 148 Å². The third-order valence-corrected chi connectivity index (χ3v) is 11.6. The quantitative estimate of drug-likeness (QED) is 0.451. The zero-order valence-corrected chi connectivity index (χ0v) is 16.8. The predicted octanol–water partition coefficient (Wildman–Crippen LogP) is 6.39. The van der Waals surface area contributed by atoms with Crippen LogP contribution < -0.4 is 0 Å². The van der Waals surface area contributed by atoms with Gasteiger partial charge in [-0.25, -0.2) is 0 Å². The molecule has 0 unspecified atom stereocenters. The fourth-order valence-electron chi connectivity index (χ4n) is 4.17. The minimum absolute atomic E-state index is 0.632. The molecule has 0 amide bonds. The normalized spacial score (nSPS) is 11.7. The molecule has 2 aromatic rings. The van der Waals surface area contributed by atoms with Gasteiger partial charge in [0, 0.05) is 16.5 Å². The van der Waals surface area contributed by atoms with Gasteiger partial charge in [-0.2, -0.15) is 0 Å². The van der Waals surface area contributed by atoms with Gasteiger partial charge in [0.1, 0.15) is 8.07 Å². The first-order valence-corrected chi connectivity index (χ1v) is 11.1. The second-order valence-electron chi connectivity index (χ2n) is 7.50. The van der Waals surface area contributed by atoms with Gasteiger partial charge in [0.25, 0.3) is 0 Å². The Morgan fingerprint density at radius 1 is 0.792 bits per heavy atom. The van der Waals surface area contributed by atoms with Gasteiger partial charge in [0.2, 0.25) is 0 Å². The highest BCUT2D eigenvalue weighted by molar-refractivity contribution is 6.90. The molecule has 0 N–H and O–H groups in total. The maximum absolute atomic E-state index is 5.72. The molecule has 0 saturated carbocycles. The Balaban J connectivity index is 2.70. The predicted molar refractivity (Wildman–Crippen MR) is 110 cm³/mol. The van der Waals surface area contributed by atoms with E-state index in [1.54, 1.807) is 0 Å². The van der Waals surface area contributed by atoms with Gasteiger partial charge in [-0.15, -0.1) is 12.0 Å². The van der Waals surface area contributed by atoms with Crippen LogP contribution in [0.2, 0.25) is 16.6 Å². The molecule has 0 heterocycles. The average Bonchev–Trinajstić information content (AvgIpc) is 2.53. The van der Waals surface area contributed by atoms with Gasteiger partial charge in [-0.05, 0) is 34.1 Å². The topological polar surface area (TPSA) is 0 Å². The van der Waals surface area contributed by atoms with E-state index < -0.39 is 8.07 Å². The van der Waals surface area contributed by atoms with Crippen molar-refractivity contribution in [3.63, 3.8) is 0 Å².